The van der Waals surface area contributed by atoms with Gasteiger partial charge in [-0.15, -0.1) is 16.4 Å². The van der Waals surface area contributed by atoms with Gasteiger partial charge in [0.15, 0.2) is 0 Å². The number of rotatable bonds is 4. The molecule has 0 spiro atoms. The summed E-state index contributed by atoms with van der Waals surface area (Å²) in [4.78, 5) is 15.2. The van der Waals surface area contributed by atoms with Crippen LogP contribution in [0.15, 0.2) is 12.3 Å². The zero-order chi connectivity index (χ0) is 14.0. The number of nitrogen functional groups attached to an aromatic ring is 1. The van der Waals surface area contributed by atoms with Crippen LogP contribution >= 0.6 is 11.3 Å². The van der Waals surface area contributed by atoms with Crippen LogP contribution in [-0.4, -0.2) is 45.3 Å². The van der Waals surface area contributed by atoms with Crippen LogP contribution in [0.5, 0.6) is 0 Å². The number of nitrogens with zero attached hydrogens (tertiary/aromatic N) is 3. The molecule has 2 aromatic rings. The number of carbonyl (C=O) groups excluding carboxylic acids is 1. The molecule has 2 heterocycles. The highest BCUT2D eigenvalue weighted by Gasteiger charge is 2.24. The van der Waals surface area contributed by atoms with E-state index >= 15 is 0 Å². The second kappa shape index (κ2) is 5.50. The fraction of sp³-hybridized carbons (Fsp3) is 0.417. The number of thiophene rings is 1. The number of aliphatic hydroxyl groups is 1. The summed E-state index contributed by atoms with van der Waals surface area (Å²) in [6.45, 7) is 4.01. The van der Waals surface area contributed by atoms with E-state index in [2.05, 4.69) is 10.2 Å². The topological polar surface area (TPSA) is 92.3 Å². The van der Waals surface area contributed by atoms with Crippen LogP contribution < -0.4 is 5.73 Å². The second-order valence-electron chi connectivity index (χ2n) is 4.41. The Labute approximate surface area is 114 Å². The molecule has 19 heavy (non-hydrogen) atoms. The molecule has 0 unspecified atom stereocenters. The molecule has 0 aliphatic heterocycles. The number of fused-ring (bicyclic) bond motifs is 1. The predicted molar refractivity (Wildman–Crippen MR) is 75.1 cm³/mol. The summed E-state index contributed by atoms with van der Waals surface area (Å²) in [6, 6.07) is 1.74. The van der Waals surface area contributed by atoms with Gasteiger partial charge in [-0.05, 0) is 19.9 Å². The minimum absolute atomic E-state index is 0.00431. The summed E-state index contributed by atoms with van der Waals surface area (Å²) < 4.78 is 0. The minimum Gasteiger partial charge on any atom is -0.397 e. The summed E-state index contributed by atoms with van der Waals surface area (Å²) in [5.41, 5.74) is 6.44. The SMILES string of the molecule is CC(C)N(CCO)C(=O)c1sc2nnccc2c1N. The lowest BCUT2D eigenvalue weighted by molar-refractivity contribution is 0.0671. The van der Waals surface area contributed by atoms with E-state index in [9.17, 15) is 4.79 Å². The first kappa shape index (κ1) is 13.7. The molecule has 102 valence electrons. The van der Waals surface area contributed by atoms with Gasteiger partial charge in [0.2, 0.25) is 0 Å². The van der Waals surface area contributed by atoms with Gasteiger partial charge in [0.05, 0.1) is 18.5 Å². The van der Waals surface area contributed by atoms with Gasteiger partial charge in [-0.3, -0.25) is 4.79 Å². The Balaban J connectivity index is 2.43. The standard InChI is InChI=1S/C12H16N4O2S/c1-7(2)16(5-6-17)12(18)10-9(13)8-3-4-14-15-11(8)19-10/h3-4,7,17H,5-6,13H2,1-2H3. The molecule has 2 aromatic heterocycles. The Morgan fingerprint density at radius 3 is 2.89 bits per heavy atom. The molecule has 0 fully saturated rings. The number of nitrogens with two attached hydrogens (primary N) is 1. The molecular formula is C12H16N4O2S. The largest absolute Gasteiger partial charge is 0.397 e. The molecule has 0 saturated heterocycles. The maximum absolute atomic E-state index is 12.5. The van der Waals surface area contributed by atoms with Gasteiger partial charge in [-0.1, -0.05) is 0 Å². The van der Waals surface area contributed by atoms with Crippen molar-refractivity contribution >= 4 is 33.1 Å². The lowest BCUT2D eigenvalue weighted by Crippen LogP contribution is -2.38. The van der Waals surface area contributed by atoms with Crippen molar-refractivity contribution in [3.8, 4) is 0 Å². The van der Waals surface area contributed by atoms with E-state index in [0.717, 1.165) is 5.39 Å². The monoisotopic (exact) mass is 280 g/mol. The van der Waals surface area contributed by atoms with Gasteiger partial charge in [0.25, 0.3) is 5.91 Å². The third kappa shape index (κ3) is 2.52. The Morgan fingerprint density at radius 2 is 2.32 bits per heavy atom. The van der Waals surface area contributed by atoms with Gasteiger partial charge in [0.1, 0.15) is 9.71 Å². The molecular weight excluding hydrogens is 264 g/mol. The van der Waals surface area contributed by atoms with E-state index in [1.54, 1.807) is 17.2 Å². The van der Waals surface area contributed by atoms with Gasteiger partial charge >= 0.3 is 0 Å². The Kier molecular flexibility index (Phi) is 3.96. The van der Waals surface area contributed by atoms with E-state index in [0.29, 0.717) is 15.4 Å². The Hall–Kier alpha value is -1.73. The molecule has 0 bridgehead atoms. The summed E-state index contributed by atoms with van der Waals surface area (Å²) >= 11 is 1.23. The number of hydrogen-bond donors (Lipinski definition) is 2. The van der Waals surface area contributed by atoms with Crippen LogP contribution in [0.1, 0.15) is 23.5 Å². The van der Waals surface area contributed by atoms with Crippen LogP contribution in [0.4, 0.5) is 5.69 Å². The highest BCUT2D eigenvalue weighted by Crippen LogP contribution is 2.32. The quantitative estimate of drug-likeness (QED) is 0.875. The molecule has 0 saturated carbocycles. The van der Waals surface area contributed by atoms with Crippen molar-refractivity contribution in [1.82, 2.24) is 15.1 Å². The molecule has 6 nitrogen and oxygen atoms in total. The maximum Gasteiger partial charge on any atom is 0.266 e. The van der Waals surface area contributed by atoms with Crippen LogP contribution in [-0.2, 0) is 0 Å². The average Bonchev–Trinajstić information content (AvgIpc) is 2.73. The molecule has 0 aliphatic carbocycles. The Bertz CT molecular complexity index is 596. The summed E-state index contributed by atoms with van der Waals surface area (Å²) in [7, 11) is 0. The number of aromatic nitrogens is 2. The normalized spacial score (nSPS) is 11.2. The van der Waals surface area contributed by atoms with Crippen LogP contribution in [0.25, 0.3) is 10.2 Å². The van der Waals surface area contributed by atoms with Gasteiger partial charge < -0.3 is 15.7 Å². The third-order valence-corrected chi connectivity index (χ3v) is 3.93. The molecule has 2 rings (SSSR count). The lowest BCUT2D eigenvalue weighted by atomic mass is 10.2. The third-order valence-electron chi connectivity index (χ3n) is 2.84. The molecule has 0 radical (unpaired) electrons. The minimum atomic E-state index is -0.176. The summed E-state index contributed by atoms with van der Waals surface area (Å²) in [5, 5.41) is 17.5. The lowest BCUT2D eigenvalue weighted by Gasteiger charge is -2.25. The van der Waals surface area contributed by atoms with E-state index in [1.807, 2.05) is 13.8 Å². The van der Waals surface area contributed by atoms with E-state index in [-0.39, 0.29) is 25.1 Å². The fourth-order valence-electron chi connectivity index (χ4n) is 1.86. The fourth-order valence-corrected chi connectivity index (χ4v) is 2.86. The van der Waals surface area contributed by atoms with E-state index < -0.39 is 0 Å². The predicted octanol–water partition coefficient (Wildman–Crippen LogP) is 1.12. The first-order valence-corrected chi connectivity index (χ1v) is 6.79. The number of amides is 1. The average molecular weight is 280 g/mol. The number of aliphatic hydroxyl groups excluding tert-OH is 1. The molecule has 7 heteroatoms. The first-order chi connectivity index (χ1) is 9.06. The van der Waals surface area contributed by atoms with Crippen molar-refractivity contribution in [3.63, 3.8) is 0 Å². The summed E-state index contributed by atoms with van der Waals surface area (Å²) in [6.07, 6.45) is 1.55. The van der Waals surface area contributed by atoms with Crippen LogP contribution in [0.3, 0.4) is 0 Å². The van der Waals surface area contributed by atoms with Crippen molar-refractivity contribution < 1.29 is 9.90 Å². The van der Waals surface area contributed by atoms with E-state index in [4.69, 9.17) is 10.8 Å². The molecule has 1 amide bonds. The van der Waals surface area contributed by atoms with Gasteiger partial charge in [-0.2, -0.15) is 5.10 Å². The smallest absolute Gasteiger partial charge is 0.266 e. The van der Waals surface area contributed by atoms with Crippen molar-refractivity contribution in [1.29, 1.82) is 0 Å². The zero-order valence-electron chi connectivity index (χ0n) is 10.8. The number of carbonyl (C=O) groups is 1. The van der Waals surface area contributed by atoms with Crippen molar-refractivity contribution in [3.05, 3.63) is 17.1 Å². The zero-order valence-corrected chi connectivity index (χ0v) is 11.6. The van der Waals surface area contributed by atoms with Gasteiger partial charge in [0, 0.05) is 18.0 Å². The highest BCUT2D eigenvalue weighted by atomic mass is 32.1. The molecule has 0 aromatic carbocycles. The van der Waals surface area contributed by atoms with Crippen molar-refractivity contribution in [2.45, 2.75) is 19.9 Å². The van der Waals surface area contributed by atoms with Crippen molar-refractivity contribution in [2.24, 2.45) is 0 Å². The Morgan fingerprint density at radius 1 is 1.58 bits per heavy atom. The number of anilines is 1. The maximum atomic E-state index is 12.5. The highest BCUT2D eigenvalue weighted by molar-refractivity contribution is 7.21. The van der Waals surface area contributed by atoms with Crippen molar-refractivity contribution in [2.75, 3.05) is 18.9 Å². The summed E-state index contributed by atoms with van der Waals surface area (Å²) in [5.74, 6) is -0.176. The van der Waals surface area contributed by atoms with Crippen LogP contribution in [0, 0.1) is 0 Å². The molecule has 3 N–H and O–H groups in total. The number of hydrogen-bond acceptors (Lipinski definition) is 6. The second-order valence-corrected chi connectivity index (χ2v) is 5.41. The van der Waals surface area contributed by atoms with Crippen LogP contribution in [0.2, 0.25) is 0 Å². The van der Waals surface area contributed by atoms with Gasteiger partial charge in [-0.25, -0.2) is 0 Å². The van der Waals surface area contributed by atoms with E-state index in [1.165, 1.54) is 11.3 Å². The molecule has 0 aliphatic rings. The molecule has 0 atom stereocenters. The first-order valence-electron chi connectivity index (χ1n) is 5.97.